The van der Waals surface area contributed by atoms with E-state index in [9.17, 15) is 0 Å². The minimum absolute atomic E-state index is 0.550. The second kappa shape index (κ2) is 17.5. The normalized spacial score (nSPS) is 11.9. The van der Waals surface area contributed by atoms with Crippen LogP contribution in [0.1, 0.15) is 22.3 Å². The largest absolute Gasteiger partial charge is 0.335 e. The third-order valence-electron chi connectivity index (χ3n) is 11.2. The van der Waals surface area contributed by atoms with E-state index in [1.165, 1.54) is 44.1 Å². The summed E-state index contributed by atoms with van der Waals surface area (Å²) in [5.74, 6) is 0.636. The summed E-state index contributed by atoms with van der Waals surface area (Å²) in [5.41, 5.74) is 15.8. The first-order valence-electron chi connectivity index (χ1n) is 20.3. The summed E-state index contributed by atoms with van der Waals surface area (Å²) < 4.78 is 2.41. The van der Waals surface area contributed by atoms with Gasteiger partial charge in [-0.1, -0.05) is 140 Å². The summed E-state index contributed by atoms with van der Waals surface area (Å²) >= 11 is 0. The molecule has 0 unspecified atom stereocenters. The highest BCUT2D eigenvalue weighted by Crippen LogP contribution is 2.47. The van der Waals surface area contributed by atoms with Crippen LogP contribution >= 0.6 is 0 Å². The lowest BCUT2D eigenvalue weighted by atomic mass is 9.91. The Hall–Kier alpha value is -7.96. The number of hydrogen-bond donors (Lipinski definition) is 0. The third-order valence-corrected chi connectivity index (χ3v) is 11.2. The maximum atomic E-state index is 4.80. The summed E-state index contributed by atoms with van der Waals surface area (Å²) in [6.45, 7) is 13.1. The first-order chi connectivity index (χ1) is 30.1. The predicted octanol–water partition coefficient (Wildman–Crippen LogP) is 13.6. The minimum Gasteiger partial charge on any atom is -0.335 e. The Morgan fingerprint density at radius 2 is 1.16 bits per heavy atom. The Bertz CT molecular complexity index is 3070. The van der Waals surface area contributed by atoms with E-state index in [1.54, 1.807) is 0 Å². The summed E-state index contributed by atoms with van der Waals surface area (Å²) in [7, 11) is 0. The molecule has 0 saturated heterocycles. The zero-order chi connectivity index (χ0) is 41.5. The van der Waals surface area contributed by atoms with Gasteiger partial charge in [0, 0.05) is 39.8 Å². The quantitative estimate of drug-likeness (QED) is 0.106. The van der Waals surface area contributed by atoms with Gasteiger partial charge in [0.25, 0.3) is 0 Å². The molecule has 0 radical (unpaired) electrons. The van der Waals surface area contributed by atoms with Gasteiger partial charge in [0.1, 0.15) is 0 Å². The molecule has 1 aromatic heterocycles. The molecule has 6 nitrogen and oxygen atoms in total. The molecule has 0 N–H and O–H groups in total. The van der Waals surface area contributed by atoms with Crippen LogP contribution in [-0.2, 0) is 19.6 Å². The van der Waals surface area contributed by atoms with Crippen LogP contribution in [0.3, 0.4) is 0 Å². The molecular formula is C55H44N6. The number of rotatable bonds is 9. The van der Waals surface area contributed by atoms with Gasteiger partial charge in [-0.25, -0.2) is 4.99 Å². The second-order valence-electron chi connectivity index (χ2n) is 14.9. The highest BCUT2D eigenvalue weighted by atomic mass is 15.2. The molecule has 2 heterocycles. The Kier molecular flexibility index (Phi) is 11.1. The van der Waals surface area contributed by atoms with Crippen LogP contribution < -0.4 is 4.90 Å². The zero-order valence-electron chi connectivity index (χ0n) is 33.9. The monoisotopic (exact) mass is 788 g/mol. The average molecular weight is 789 g/mol. The van der Waals surface area contributed by atoms with Crippen molar-refractivity contribution < 1.29 is 0 Å². The fourth-order valence-electron chi connectivity index (χ4n) is 8.31. The molecule has 61 heavy (non-hydrogen) atoms. The van der Waals surface area contributed by atoms with Crippen molar-refractivity contribution in [1.82, 2.24) is 4.57 Å². The van der Waals surface area contributed by atoms with Gasteiger partial charge < -0.3 is 9.47 Å². The molecule has 0 amide bonds. The van der Waals surface area contributed by atoms with E-state index >= 15 is 0 Å². The van der Waals surface area contributed by atoms with Crippen molar-refractivity contribution in [2.45, 2.75) is 19.6 Å². The number of para-hydroxylation sites is 4. The number of anilines is 2. The molecule has 1 aliphatic heterocycles. The summed E-state index contributed by atoms with van der Waals surface area (Å²) in [5, 5.41) is 2.45. The van der Waals surface area contributed by atoms with Crippen LogP contribution in [0.15, 0.2) is 214 Å². The molecule has 0 fully saturated rings. The highest BCUT2D eigenvalue weighted by molar-refractivity contribution is 6.11. The Morgan fingerprint density at radius 3 is 1.92 bits per heavy atom. The molecule has 0 atom stereocenters. The number of benzene rings is 8. The standard InChI is InChI=1S/C47H35N5.C8H9N/c1-48-42-22-8-11-25-45(42)51-31-36-28-41-39-21-7-10-24-44(39)52(46(41)29-40(36)38-20-6-9-23-43(38)51)37-19-13-17-34(27-37)33-16-12-18-35(26-33)47(49-2)50-30-32-14-4-3-5-15-32;1-9-7-8-5-3-2-4-6-8/h3-29H,1-2,30-31H2;2-6H,1,7H2. The SMILES string of the molecule is C=NC(=NCc1ccccc1)c1cccc(-c2cccc(-n3c4ccccc4c4cc5c(cc43)-c3ccccc3N(c3ccccc3N=C)C5)c2)c1.C=NCc1ccccc1. The predicted molar refractivity (Wildman–Crippen MR) is 259 cm³/mol. The summed E-state index contributed by atoms with van der Waals surface area (Å²) in [6, 6.07) is 67.9. The second-order valence-corrected chi connectivity index (χ2v) is 14.9. The van der Waals surface area contributed by atoms with Crippen LogP contribution in [-0.4, -0.2) is 30.6 Å². The first kappa shape index (κ1) is 38.6. The van der Waals surface area contributed by atoms with Gasteiger partial charge in [-0.3, -0.25) is 15.0 Å². The Labute approximate surface area is 356 Å². The molecule has 8 aromatic carbocycles. The summed E-state index contributed by atoms with van der Waals surface area (Å²) in [4.78, 5) is 19.6. The average Bonchev–Trinajstić information content (AvgIpc) is 3.65. The van der Waals surface area contributed by atoms with Gasteiger partial charge >= 0.3 is 0 Å². The van der Waals surface area contributed by atoms with Crippen LogP contribution in [0.25, 0.3) is 49.7 Å². The van der Waals surface area contributed by atoms with E-state index in [0.29, 0.717) is 12.4 Å². The van der Waals surface area contributed by atoms with Crippen molar-refractivity contribution in [3.8, 4) is 27.9 Å². The lowest BCUT2D eigenvalue weighted by Gasteiger charge is -2.33. The van der Waals surface area contributed by atoms with Crippen LogP contribution in [0.5, 0.6) is 0 Å². The number of aromatic nitrogens is 1. The van der Waals surface area contributed by atoms with Crippen LogP contribution in [0.2, 0.25) is 0 Å². The zero-order valence-corrected chi connectivity index (χ0v) is 33.9. The molecule has 0 spiro atoms. The molecular weight excluding hydrogens is 745 g/mol. The van der Waals surface area contributed by atoms with Crippen molar-refractivity contribution in [3.05, 3.63) is 216 Å². The van der Waals surface area contributed by atoms with Crippen molar-refractivity contribution in [2.75, 3.05) is 4.90 Å². The maximum Gasteiger partial charge on any atom is 0.154 e. The fourth-order valence-corrected chi connectivity index (χ4v) is 8.31. The van der Waals surface area contributed by atoms with E-state index in [0.717, 1.165) is 58.1 Å². The Balaban J connectivity index is 0.000000472. The topological polar surface area (TPSA) is 57.6 Å². The maximum absolute atomic E-state index is 4.80. The van der Waals surface area contributed by atoms with Gasteiger partial charge in [-0.2, -0.15) is 0 Å². The molecule has 294 valence electrons. The highest BCUT2D eigenvalue weighted by Gasteiger charge is 2.26. The van der Waals surface area contributed by atoms with Crippen molar-refractivity contribution in [3.63, 3.8) is 0 Å². The first-order valence-corrected chi connectivity index (χ1v) is 20.3. The van der Waals surface area contributed by atoms with Crippen molar-refractivity contribution in [1.29, 1.82) is 0 Å². The van der Waals surface area contributed by atoms with E-state index in [4.69, 9.17) is 4.99 Å². The number of amidine groups is 1. The number of nitrogens with zero attached hydrogens (tertiary/aromatic N) is 6. The van der Waals surface area contributed by atoms with E-state index in [-0.39, 0.29) is 0 Å². The van der Waals surface area contributed by atoms with Gasteiger partial charge in [-0.05, 0) is 108 Å². The molecule has 0 saturated carbocycles. The van der Waals surface area contributed by atoms with E-state index in [1.807, 2.05) is 66.7 Å². The van der Waals surface area contributed by atoms with Gasteiger partial charge in [0.05, 0.1) is 35.5 Å². The third kappa shape index (κ3) is 7.83. The molecule has 0 bridgehead atoms. The molecule has 6 heteroatoms. The minimum atomic E-state index is 0.550. The number of aliphatic imine (C=N–C) groups is 4. The molecule has 0 aliphatic carbocycles. The molecule has 10 rings (SSSR count). The Morgan fingerprint density at radius 1 is 0.508 bits per heavy atom. The smallest absolute Gasteiger partial charge is 0.154 e. The molecule has 1 aliphatic rings. The van der Waals surface area contributed by atoms with E-state index < -0.39 is 0 Å². The van der Waals surface area contributed by atoms with Crippen LogP contribution in [0, 0.1) is 0 Å². The lowest BCUT2D eigenvalue weighted by Crippen LogP contribution is -2.21. The van der Waals surface area contributed by atoms with Crippen molar-refractivity contribution >= 4 is 64.9 Å². The van der Waals surface area contributed by atoms with E-state index in [2.05, 4.69) is 172 Å². The molecule has 9 aromatic rings. The fraction of sp³-hybridized carbons (Fsp3) is 0.0545. The van der Waals surface area contributed by atoms with Crippen LogP contribution in [0.4, 0.5) is 17.1 Å². The van der Waals surface area contributed by atoms with Crippen molar-refractivity contribution in [2.24, 2.45) is 20.0 Å². The van der Waals surface area contributed by atoms with Gasteiger partial charge in [0.15, 0.2) is 5.84 Å². The summed E-state index contributed by atoms with van der Waals surface area (Å²) in [6.07, 6.45) is 0. The lowest BCUT2D eigenvalue weighted by molar-refractivity contribution is 0.963. The number of hydrogen-bond acceptors (Lipinski definition) is 4. The van der Waals surface area contributed by atoms with Gasteiger partial charge in [-0.15, -0.1) is 0 Å². The van der Waals surface area contributed by atoms with Gasteiger partial charge in [0.2, 0.25) is 0 Å². The number of fused-ring (bicyclic) bond motifs is 6.